The first-order chi connectivity index (χ1) is 15.5. The lowest BCUT2D eigenvalue weighted by atomic mass is 10.1. The SMILES string of the molecule is CC(=O)c1ccc(N2CCN(C(=O)NCC(c3cccs3)N3CCOCC3)CC2)c(F)c1. The van der Waals surface area contributed by atoms with E-state index >= 15 is 0 Å². The number of piperazine rings is 1. The van der Waals surface area contributed by atoms with Crippen LogP contribution in [0, 0.1) is 5.82 Å². The largest absolute Gasteiger partial charge is 0.379 e. The molecule has 2 aliphatic rings. The monoisotopic (exact) mass is 460 g/mol. The predicted octanol–water partition coefficient (Wildman–Crippen LogP) is 2.99. The number of benzene rings is 1. The maximum Gasteiger partial charge on any atom is 0.317 e. The molecule has 1 N–H and O–H groups in total. The second-order valence-electron chi connectivity index (χ2n) is 8.06. The standard InChI is InChI=1S/C23H29FN4O3S/c1-17(29)18-4-5-20(19(24)15-18)26-6-8-28(9-7-26)23(30)25-16-21(22-3-2-14-32-22)27-10-12-31-13-11-27/h2-5,14-15,21H,6-13,16H2,1H3,(H,25,30). The second kappa shape index (κ2) is 10.4. The Kier molecular flexibility index (Phi) is 7.39. The number of thiophene rings is 1. The fourth-order valence-electron chi connectivity index (χ4n) is 4.21. The molecule has 0 radical (unpaired) electrons. The van der Waals surface area contributed by atoms with Gasteiger partial charge in [-0.25, -0.2) is 9.18 Å². The molecule has 1 aromatic heterocycles. The van der Waals surface area contributed by atoms with Crippen LogP contribution in [0.15, 0.2) is 35.7 Å². The molecule has 0 saturated carbocycles. The van der Waals surface area contributed by atoms with Gasteiger partial charge in [-0.05, 0) is 36.6 Å². The van der Waals surface area contributed by atoms with E-state index in [1.165, 1.54) is 17.9 Å². The van der Waals surface area contributed by atoms with E-state index in [4.69, 9.17) is 4.74 Å². The first-order valence-electron chi connectivity index (χ1n) is 11.0. The molecule has 1 aromatic carbocycles. The van der Waals surface area contributed by atoms with Crippen molar-refractivity contribution in [2.24, 2.45) is 0 Å². The van der Waals surface area contributed by atoms with E-state index in [-0.39, 0.29) is 17.9 Å². The molecule has 7 nitrogen and oxygen atoms in total. The van der Waals surface area contributed by atoms with E-state index in [0.717, 1.165) is 13.1 Å². The summed E-state index contributed by atoms with van der Waals surface area (Å²) in [5.74, 6) is -0.560. The Morgan fingerprint density at radius 1 is 1.12 bits per heavy atom. The zero-order valence-electron chi connectivity index (χ0n) is 18.3. The average molecular weight is 461 g/mol. The summed E-state index contributed by atoms with van der Waals surface area (Å²) in [6.07, 6.45) is 0. The summed E-state index contributed by atoms with van der Waals surface area (Å²) < 4.78 is 20.0. The molecule has 2 aromatic rings. The van der Waals surface area contributed by atoms with Crippen LogP contribution in [0.25, 0.3) is 0 Å². The maximum absolute atomic E-state index is 14.5. The van der Waals surface area contributed by atoms with Crippen LogP contribution < -0.4 is 10.2 Å². The van der Waals surface area contributed by atoms with Gasteiger partial charge in [0.15, 0.2) is 5.78 Å². The molecule has 32 heavy (non-hydrogen) atoms. The van der Waals surface area contributed by atoms with Crippen LogP contribution in [0.5, 0.6) is 0 Å². The highest BCUT2D eigenvalue weighted by molar-refractivity contribution is 7.10. The molecule has 3 heterocycles. The quantitative estimate of drug-likeness (QED) is 0.672. The number of ketones is 1. The number of urea groups is 1. The van der Waals surface area contributed by atoms with Crippen LogP contribution in [-0.4, -0.2) is 80.6 Å². The van der Waals surface area contributed by atoms with Gasteiger partial charge in [0.25, 0.3) is 0 Å². The zero-order valence-corrected chi connectivity index (χ0v) is 19.1. The van der Waals surface area contributed by atoms with E-state index in [9.17, 15) is 14.0 Å². The summed E-state index contributed by atoms with van der Waals surface area (Å²) in [5.41, 5.74) is 0.838. The van der Waals surface area contributed by atoms with Gasteiger partial charge in [0.2, 0.25) is 0 Å². The topological polar surface area (TPSA) is 65.1 Å². The number of carbonyl (C=O) groups is 2. The van der Waals surface area contributed by atoms with Crippen LogP contribution in [0.2, 0.25) is 0 Å². The van der Waals surface area contributed by atoms with Crippen molar-refractivity contribution in [3.8, 4) is 0 Å². The summed E-state index contributed by atoms with van der Waals surface area (Å²) in [7, 11) is 0. The fraction of sp³-hybridized carbons (Fsp3) is 0.478. The number of carbonyl (C=O) groups excluding carboxylic acids is 2. The summed E-state index contributed by atoms with van der Waals surface area (Å²) in [4.78, 5) is 31.6. The molecule has 0 bridgehead atoms. The normalized spacial score (nSPS) is 18.4. The number of anilines is 1. The van der Waals surface area contributed by atoms with Gasteiger partial charge in [-0.3, -0.25) is 9.69 Å². The molecule has 4 rings (SSSR count). The van der Waals surface area contributed by atoms with E-state index in [2.05, 4.69) is 21.7 Å². The van der Waals surface area contributed by atoms with E-state index < -0.39 is 5.82 Å². The lowest BCUT2D eigenvalue weighted by molar-refractivity contribution is 0.0171. The molecule has 1 unspecified atom stereocenters. The summed E-state index contributed by atoms with van der Waals surface area (Å²) >= 11 is 1.70. The van der Waals surface area contributed by atoms with Crippen molar-refractivity contribution in [1.29, 1.82) is 0 Å². The Bertz CT molecular complexity index is 925. The maximum atomic E-state index is 14.5. The average Bonchev–Trinajstić information content (AvgIpc) is 3.34. The van der Waals surface area contributed by atoms with Gasteiger partial charge < -0.3 is 19.9 Å². The highest BCUT2D eigenvalue weighted by atomic mass is 32.1. The minimum Gasteiger partial charge on any atom is -0.379 e. The number of amides is 2. The van der Waals surface area contributed by atoms with Gasteiger partial charge in [-0.1, -0.05) is 6.07 Å². The number of hydrogen-bond donors (Lipinski definition) is 1. The van der Waals surface area contributed by atoms with Crippen LogP contribution in [0.1, 0.15) is 28.2 Å². The number of hydrogen-bond acceptors (Lipinski definition) is 6. The van der Waals surface area contributed by atoms with Gasteiger partial charge in [0.05, 0.1) is 24.9 Å². The Labute approximate surface area is 191 Å². The molecule has 2 amide bonds. The third kappa shape index (κ3) is 5.28. The Morgan fingerprint density at radius 2 is 1.88 bits per heavy atom. The molecule has 2 saturated heterocycles. The Balaban J connectivity index is 1.31. The number of nitrogens with zero attached hydrogens (tertiary/aromatic N) is 3. The van der Waals surface area contributed by atoms with Crippen molar-refractivity contribution < 1.29 is 18.7 Å². The third-order valence-corrected chi connectivity index (χ3v) is 7.04. The van der Waals surface area contributed by atoms with E-state index in [1.54, 1.807) is 28.4 Å². The van der Waals surface area contributed by atoms with Crippen LogP contribution in [0.3, 0.4) is 0 Å². The number of morpholine rings is 1. The fourth-order valence-corrected chi connectivity index (χ4v) is 5.07. The minimum atomic E-state index is -0.403. The van der Waals surface area contributed by atoms with E-state index in [0.29, 0.717) is 57.2 Å². The number of nitrogens with one attached hydrogen (secondary N) is 1. The van der Waals surface area contributed by atoms with Gasteiger partial charge in [0, 0.05) is 56.3 Å². The Morgan fingerprint density at radius 3 is 2.50 bits per heavy atom. The molecule has 0 aliphatic carbocycles. The first kappa shape index (κ1) is 22.7. The molecule has 2 fully saturated rings. The summed E-state index contributed by atoms with van der Waals surface area (Å²) in [6, 6.07) is 8.78. The van der Waals surface area contributed by atoms with Gasteiger partial charge >= 0.3 is 6.03 Å². The van der Waals surface area contributed by atoms with Gasteiger partial charge in [-0.15, -0.1) is 11.3 Å². The van der Waals surface area contributed by atoms with Crippen molar-refractivity contribution in [2.45, 2.75) is 13.0 Å². The first-order valence-corrected chi connectivity index (χ1v) is 11.8. The van der Waals surface area contributed by atoms with Crippen LogP contribution in [0.4, 0.5) is 14.9 Å². The zero-order chi connectivity index (χ0) is 22.5. The van der Waals surface area contributed by atoms with Gasteiger partial charge in [-0.2, -0.15) is 0 Å². The molecule has 0 spiro atoms. The number of halogens is 1. The van der Waals surface area contributed by atoms with Gasteiger partial charge in [0.1, 0.15) is 5.82 Å². The van der Waals surface area contributed by atoms with Crippen molar-refractivity contribution >= 4 is 28.8 Å². The molecule has 9 heteroatoms. The second-order valence-corrected chi connectivity index (χ2v) is 9.04. The lowest BCUT2D eigenvalue weighted by Crippen LogP contribution is -2.53. The number of ether oxygens (including phenoxy) is 1. The smallest absolute Gasteiger partial charge is 0.317 e. The van der Waals surface area contributed by atoms with Crippen molar-refractivity contribution in [1.82, 2.24) is 15.1 Å². The highest BCUT2D eigenvalue weighted by Crippen LogP contribution is 2.26. The minimum absolute atomic E-state index is 0.0909. The number of rotatable bonds is 6. The highest BCUT2D eigenvalue weighted by Gasteiger charge is 2.27. The van der Waals surface area contributed by atoms with Crippen molar-refractivity contribution in [3.63, 3.8) is 0 Å². The Hall–Kier alpha value is -2.49. The molecule has 1 atom stereocenters. The molecule has 172 valence electrons. The predicted molar refractivity (Wildman–Crippen MR) is 123 cm³/mol. The van der Waals surface area contributed by atoms with Crippen molar-refractivity contribution in [3.05, 3.63) is 52.0 Å². The molecular formula is C23H29FN4O3S. The third-order valence-electron chi connectivity index (χ3n) is 6.07. The van der Waals surface area contributed by atoms with Crippen LogP contribution in [-0.2, 0) is 4.74 Å². The summed E-state index contributed by atoms with van der Waals surface area (Å²) in [5, 5.41) is 5.17. The van der Waals surface area contributed by atoms with E-state index in [1.807, 2.05) is 11.0 Å². The van der Waals surface area contributed by atoms with Crippen LogP contribution >= 0.6 is 11.3 Å². The lowest BCUT2D eigenvalue weighted by Gasteiger charge is -2.37. The molecular weight excluding hydrogens is 431 g/mol. The summed E-state index contributed by atoms with van der Waals surface area (Å²) in [6.45, 7) is 7.21. The molecule has 2 aliphatic heterocycles. The number of Topliss-reactive ketones (excluding diaryl/α,β-unsaturated/α-hetero) is 1. The van der Waals surface area contributed by atoms with Crippen molar-refractivity contribution in [2.75, 3.05) is 63.9 Å².